The first-order chi connectivity index (χ1) is 10.8. The van der Waals surface area contributed by atoms with E-state index in [-0.39, 0.29) is 5.69 Å². The minimum absolute atomic E-state index is 0.0504. The van der Waals surface area contributed by atoms with Crippen molar-refractivity contribution >= 4 is 23.2 Å². The van der Waals surface area contributed by atoms with Gasteiger partial charge in [-0.2, -0.15) is 0 Å². The summed E-state index contributed by atoms with van der Waals surface area (Å²) in [5.74, 6) is -0.0751. The fraction of sp³-hybridized carbons (Fsp3) is 0.250. The Morgan fingerprint density at radius 3 is 2.48 bits per heavy atom. The molecule has 0 amide bonds. The Kier molecular flexibility index (Phi) is 4.59. The molecule has 0 unspecified atom stereocenters. The first-order valence-electron chi connectivity index (χ1n) is 6.96. The molecule has 1 N–H and O–H groups in total. The molecule has 2 aromatic rings. The maximum absolute atomic E-state index is 11.9. The molecule has 2 rings (SSSR count). The Morgan fingerprint density at radius 1 is 1.22 bits per heavy atom. The molecule has 0 spiro atoms. The molecule has 0 bridgehead atoms. The van der Waals surface area contributed by atoms with Gasteiger partial charge in [-0.1, -0.05) is 12.1 Å². The lowest BCUT2D eigenvalue weighted by molar-refractivity contribution is -0.383. The van der Waals surface area contributed by atoms with Crippen molar-refractivity contribution in [3.05, 3.63) is 58.3 Å². The lowest BCUT2D eigenvalue weighted by Gasteiger charge is -2.19. The van der Waals surface area contributed by atoms with Crippen LogP contribution in [0.1, 0.15) is 31.1 Å². The number of nitrogens with zero attached hydrogens (tertiary/aromatic N) is 2. The molecule has 1 aromatic heterocycles. The van der Waals surface area contributed by atoms with E-state index in [2.05, 4.69) is 10.3 Å². The highest BCUT2D eigenvalue weighted by Gasteiger charge is 2.18. The Balaban J connectivity index is 2.15. The zero-order valence-corrected chi connectivity index (χ0v) is 13.1. The van der Waals surface area contributed by atoms with E-state index in [1.807, 2.05) is 0 Å². The average Bonchev–Trinajstić information content (AvgIpc) is 2.46. The highest BCUT2D eigenvalue weighted by Crippen LogP contribution is 2.26. The van der Waals surface area contributed by atoms with Crippen molar-refractivity contribution in [2.24, 2.45) is 0 Å². The van der Waals surface area contributed by atoms with Crippen molar-refractivity contribution < 1.29 is 14.5 Å². The maximum atomic E-state index is 11.9. The van der Waals surface area contributed by atoms with Gasteiger partial charge in [-0.25, -0.2) is 9.78 Å². The Morgan fingerprint density at radius 2 is 1.91 bits per heavy atom. The van der Waals surface area contributed by atoms with E-state index in [9.17, 15) is 14.9 Å². The summed E-state index contributed by atoms with van der Waals surface area (Å²) in [6.07, 6.45) is 1.37. The molecule has 23 heavy (non-hydrogen) atoms. The number of anilines is 2. The summed E-state index contributed by atoms with van der Waals surface area (Å²) in [6.45, 7) is 5.34. The fourth-order valence-electron chi connectivity index (χ4n) is 1.80. The molecule has 0 saturated heterocycles. The lowest BCUT2D eigenvalue weighted by Crippen LogP contribution is -2.23. The van der Waals surface area contributed by atoms with Gasteiger partial charge in [-0.15, -0.1) is 0 Å². The molecule has 0 saturated carbocycles. The van der Waals surface area contributed by atoms with Gasteiger partial charge in [-0.3, -0.25) is 10.1 Å². The van der Waals surface area contributed by atoms with E-state index >= 15 is 0 Å². The van der Waals surface area contributed by atoms with E-state index in [4.69, 9.17) is 4.74 Å². The molecule has 0 fully saturated rings. The molecule has 0 aliphatic carbocycles. The molecule has 1 aromatic carbocycles. The largest absolute Gasteiger partial charge is 0.456 e. The van der Waals surface area contributed by atoms with E-state index in [1.54, 1.807) is 51.1 Å². The number of carbonyl (C=O) groups is 1. The first kappa shape index (κ1) is 16.4. The number of ether oxygens (including phenoxy) is 1. The second-order valence-electron chi connectivity index (χ2n) is 5.83. The molecule has 7 heteroatoms. The average molecular weight is 315 g/mol. The third-order valence-electron chi connectivity index (χ3n) is 2.76. The summed E-state index contributed by atoms with van der Waals surface area (Å²) >= 11 is 0. The minimum Gasteiger partial charge on any atom is -0.456 e. The van der Waals surface area contributed by atoms with Crippen LogP contribution in [-0.2, 0) is 4.74 Å². The van der Waals surface area contributed by atoms with Gasteiger partial charge in [-0.05, 0) is 39.0 Å². The van der Waals surface area contributed by atoms with Crippen LogP contribution in [-0.4, -0.2) is 21.5 Å². The number of hydrogen-bond donors (Lipinski definition) is 1. The quantitative estimate of drug-likeness (QED) is 0.525. The lowest BCUT2D eigenvalue weighted by atomic mass is 10.2. The van der Waals surface area contributed by atoms with E-state index in [1.165, 1.54) is 12.3 Å². The molecule has 0 radical (unpaired) electrons. The van der Waals surface area contributed by atoms with Crippen molar-refractivity contribution in [1.29, 1.82) is 0 Å². The molecule has 0 aliphatic rings. The van der Waals surface area contributed by atoms with E-state index in [0.717, 1.165) is 0 Å². The summed E-state index contributed by atoms with van der Waals surface area (Å²) < 4.78 is 5.24. The van der Waals surface area contributed by atoms with Crippen molar-refractivity contribution in [3.63, 3.8) is 0 Å². The molecule has 120 valence electrons. The standard InChI is InChI=1S/C16H17N3O4/c1-16(2,3)23-15(20)11-8-9-14(17-10-11)18-12-6-4-5-7-13(12)19(21)22/h4-10H,1-3H3,(H,17,18). The second-order valence-corrected chi connectivity index (χ2v) is 5.83. The van der Waals surface area contributed by atoms with Gasteiger partial charge in [0.25, 0.3) is 5.69 Å². The zero-order chi connectivity index (χ0) is 17.0. The van der Waals surface area contributed by atoms with Gasteiger partial charge < -0.3 is 10.1 Å². The van der Waals surface area contributed by atoms with Crippen LogP contribution < -0.4 is 5.32 Å². The van der Waals surface area contributed by atoms with Crippen LogP contribution >= 0.6 is 0 Å². The zero-order valence-electron chi connectivity index (χ0n) is 13.1. The van der Waals surface area contributed by atoms with Crippen molar-refractivity contribution in [1.82, 2.24) is 4.98 Å². The number of nitro groups is 1. The molecular weight excluding hydrogens is 298 g/mol. The van der Waals surface area contributed by atoms with Gasteiger partial charge in [0.15, 0.2) is 0 Å². The highest BCUT2D eigenvalue weighted by molar-refractivity contribution is 5.89. The van der Waals surface area contributed by atoms with Crippen molar-refractivity contribution in [2.45, 2.75) is 26.4 Å². The SMILES string of the molecule is CC(C)(C)OC(=O)c1ccc(Nc2ccccc2[N+](=O)[O-])nc1. The van der Waals surface area contributed by atoms with Crippen molar-refractivity contribution in [2.75, 3.05) is 5.32 Å². The second kappa shape index (κ2) is 6.43. The van der Waals surface area contributed by atoms with Crippen LogP contribution in [0.15, 0.2) is 42.6 Å². The van der Waals surface area contributed by atoms with E-state index in [0.29, 0.717) is 17.1 Å². The smallest absolute Gasteiger partial charge is 0.340 e. The molecule has 7 nitrogen and oxygen atoms in total. The van der Waals surface area contributed by atoms with Crippen LogP contribution in [0.2, 0.25) is 0 Å². The van der Waals surface area contributed by atoms with Crippen LogP contribution in [0.3, 0.4) is 0 Å². The number of nitrogens with one attached hydrogen (secondary N) is 1. The summed E-state index contributed by atoms with van der Waals surface area (Å²) in [5.41, 5.74) is 0.00660. The van der Waals surface area contributed by atoms with E-state index < -0.39 is 16.5 Å². The Bertz CT molecular complexity index is 721. The number of benzene rings is 1. The van der Waals surface area contributed by atoms with Gasteiger partial charge >= 0.3 is 5.97 Å². The third kappa shape index (κ3) is 4.50. The number of pyridine rings is 1. The molecule has 1 heterocycles. The summed E-state index contributed by atoms with van der Waals surface area (Å²) in [6, 6.07) is 9.37. The number of esters is 1. The summed E-state index contributed by atoms with van der Waals surface area (Å²) in [5, 5.41) is 13.8. The predicted octanol–water partition coefficient (Wildman–Crippen LogP) is 3.69. The molecular formula is C16H17N3O4. The van der Waals surface area contributed by atoms with Crippen LogP contribution in [0.25, 0.3) is 0 Å². The number of nitro benzene ring substituents is 1. The summed E-state index contributed by atoms with van der Waals surface area (Å²) in [7, 11) is 0. The fourth-order valence-corrected chi connectivity index (χ4v) is 1.80. The van der Waals surface area contributed by atoms with Gasteiger partial charge in [0.05, 0.1) is 10.5 Å². The third-order valence-corrected chi connectivity index (χ3v) is 2.76. The summed E-state index contributed by atoms with van der Waals surface area (Å²) in [4.78, 5) is 26.5. The van der Waals surface area contributed by atoms with Gasteiger partial charge in [0, 0.05) is 12.3 Å². The van der Waals surface area contributed by atoms with Crippen LogP contribution in [0.4, 0.5) is 17.2 Å². The minimum atomic E-state index is -0.585. The maximum Gasteiger partial charge on any atom is 0.340 e. The Hall–Kier alpha value is -2.96. The first-order valence-corrected chi connectivity index (χ1v) is 6.96. The molecule has 0 atom stereocenters. The van der Waals surface area contributed by atoms with Gasteiger partial charge in [0.1, 0.15) is 17.1 Å². The predicted molar refractivity (Wildman–Crippen MR) is 85.8 cm³/mol. The normalized spacial score (nSPS) is 10.9. The number of aromatic nitrogens is 1. The number of rotatable bonds is 4. The van der Waals surface area contributed by atoms with Crippen molar-refractivity contribution in [3.8, 4) is 0 Å². The number of carbonyl (C=O) groups excluding carboxylic acids is 1. The molecule has 0 aliphatic heterocycles. The van der Waals surface area contributed by atoms with Gasteiger partial charge in [0.2, 0.25) is 0 Å². The Labute approximate surface area is 133 Å². The topological polar surface area (TPSA) is 94.4 Å². The monoisotopic (exact) mass is 315 g/mol. The van der Waals surface area contributed by atoms with Crippen LogP contribution in [0, 0.1) is 10.1 Å². The number of para-hydroxylation sites is 2. The highest BCUT2D eigenvalue weighted by atomic mass is 16.6. The number of hydrogen-bond acceptors (Lipinski definition) is 6. The van der Waals surface area contributed by atoms with Crippen LogP contribution in [0.5, 0.6) is 0 Å².